The maximum Gasteiger partial charge on any atom is 0.333 e. The van der Waals surface area contributed by atoms with Gasteiger partial charge in [0.1, 0.15) is 12.2 Å². The van der Waals surface area contributed by atoms with Crippen molar-refractivity contribution in [1.82, 2.24) is 0 Å². The molecule has 0 aromatic heterocycles. The van der Waals surface area contributed by atoms with Gasteiger partial charge in [-0.15, -0.1) is 0 Å². The van der Waals surface area contributed by atoms with Crippen LogP contribution in [0.2, 0.25) is 0 Å². The fraction of sp³-hybridized carbons (Fsp3) is 0.647. The quantitative estimate of drug-likeness (QED) is 0.445. The van der Waals surface area contributed by atoms with Gasteiger partial charge in [0, 0.05) is 17.6 Å². The smallest absolute Gasteiger partial charge is 0.333 e. The third-order valence-electron chi connectivity index (χ3n) is 4.49. The lowest BCUT2D eigenvalue weighted by atomic mass is 9.86. The van der Waals surface area contributed by atoms with Crippen molar-refractivity contribution in [3.8, 4) is 0 Å². The van der Waals surface area contributed by atoms with Crippen molar-refractivity contribution in [2.24, 2.45) is 5.92 Å². The van der Waals surface area contributed by atoms with E-state index in [1.165, 1.54) is 26.4 Å². The van der Waals surface area contributed by atoms with Crippen molar-refractivity contribution in [2.75, 3.05) is 14.2 Å². The summed E-state index contributed by atoms with van der Waals surface area (Å²) in [4.78, 5) is 22.1. The van der Waals surface area contributed by atoms with E-state index in [0.717, 1.165) is 0 Å². The van der Waals surface area contributed by atoms with Gasteiger partial charge in [-0.2, -0.15) is 0 Å². The van der Waals surface area contributed by atoms with E-state index in [9.17, 15) is 24.9 Å². The average Bonchev–Trinajstić information content (AvgIpc) is 3.38. The number of rotatable bonds is 2. The number of carbonyl (C=O) groups is 2. The lowest BCUT2D eigenvalue weighted by Crippen LogP contribution is -2.35. The first-order valence-corrected chi connectivity index (χ1v) is 8.06. The van der Waals surface area contributed by atoms with Crippen LogP contribution in [0.25, 0.3) is 0 Å². The molecule has 1 saturated heterocycles. The molecule has 8 heteroatoms. The Morgan fingerprint density at radius 1 is 1.00 bits per heavy atom. The minimum Gasteiger partial charge on any atom is -0.466 e. The topological polar surface area (TPSA) is 126 Å². The fourth-order valence-corrected chi connectivity index (χ4v) is 2.95. The largest absolute Gasteiger partial charge is 0.466 e. The first-order chi connectivity index (χ1) is 11.8. The number of hydrogen-bond acceptors (Lipinski definition) is 8. The van der Waals surface area contributed by atoms with Gasteiger partial charge in [0.2, 0.25) is 0 Å². The Kier molecular flexibility index (Phi) is 6.34. The SMILES string of the molecule is COC(=O)C1=CC(O)C(O)[C@H](C)C1.COC(=O)C1=CC(O)C2OC2C1. The van der Waals surface area contributed by atoms with Crippen LogP contribution in [0.5, 0.6) is 0 Å². The van der Waals surface area contributed by atoms with Crippen molar-refractivity contribution in [2.45, 2.75) is 50.3 Å². The zero-order valence-electron chi connectivity index (χ0n) is 14.4. The molecule has 25 heavy (non-hydrogen) atoms. The molecule has 0 saturated carbocycles. The van der Waals surface area contributed by atoms with Crippen LogP contribution >= 0.6 is 0 Å². The summed E-state index contributed by atoms with van der Waals surface area (Å²) >= 11 is 0. The lowest BCUT2D eigenvalue weighted by Gasteiger charge is -2.27. The predicted molar refractivity (Wildman–Crippen MR) is 85.3 cm³/mol. The number of aliphatic hydroxyl groups is 3. The maximum absolute atomic E-state index is 11.1. The van der Waals surface area contributed by atoms with Gasteiger partial charge >= 0.3 is 11.9 Å². The second-order valence-electron chi connectivity index (χ2n) is 6.36. The number of carbonyl (C=O) groups excluding carboxylic acids is 2. The second-order valence-corrected chi connectivity index (χ2v) is 6.36. The molecule has 0 radical (unpaired) electrons. The Bertz CT molecular complexity index is 581. The molecule has 6 atom stereocenters. The Morgan fingerprint density at radius 3 is 2.00 bits per heavy atom. The summed E-state index contributed by atoms with van der Waals surface area (Å²) in [5.41, 5.74) is 0.955. The van der Waals surface area contributed by atoms with Gasteiger partial charge in [-0.25, -0.2) is 9.59 Å². The summed E-state index contributed by atoms with van der Waals surface area (Å²) < 4.78 is 14.2. The minimum atomic E-state index is -0.960. The van der Waals surface area contributed by atoms with Crippen LogP contribution in [0, 0.1) is 5.92 Å². The molecule has 0 aromatic carbocycles. The van der Waals surface area contributed by atoms with Crippen LogP contribution in [0.3, 0.4) is 0 Å². The van der Waals surface area contributed by atoms with Crippen LogP contribution in [-0.2, 0) is 23.8 Å². The molecular formula is C17H24O8. The number of fused-ring (bicyclic) bond motifs is 1. The van der Waals surface area contributed by atoms with Crippen molar-refractivity contribution in [3.63, 3.8) is 0 Å². The molecule has 2 aliphatic carbocycles. The van der Waals surface area contributed by atoms with Gasteiger partial charge in [-0.1, -0.05) is 6.92 Å². The highest BCUT2D eigenvalue weighted by Gasteiger charge is 2.47. The van der Waals surface area contributed by atoms with Crippen molar-refractivity contribution < 1.29 is 39.1 Å². The fourth-order valence-electron chi connectivity index (χ4n) is 2.95. The molecule has 3 aliphatic rings. The summed E-state index contributed by atoms with van der Waals surface area (Å²) in [6.07, 6.45) is 1.44. The van der Waals surface area contributed by atoms with Crippen LogP contribution in [0.1, 0.15) is 19.8 Å². The molecule has 3 rings (SSSR count). The highest BCUT2D eigenvalue weighted by Crippen LogP contribution is 2.36. The third-order valence-corrected chi connectivity index (χ3v) is 4.49. The first kappa shape index (κ1) is 19.6. The molecule has 0 amide bonds. The van der Waals surface area contributed by atoms with Crippen LogP contribution < -0.4 is 0 Å². The van der Waals surface area contributed by atoms with Gasteiger partial charge in [-0.05, 0) is 24.5 Å². The van der Waals surface area contributed by atoms with E-state index in [4.69, 9.17) is 4.74 Å². The van der Waals surface area contributed by atoms with Crippen molar-refractivity contribution >= 4 is 11.9 Å². The van der Waals surface area contributed by atoms with Gasteiger partial charge in [-0.3, -0.25) is 0 Å². The van der Waals surface area contributed by atoms with Crippen LogP contribution in [0.15, 0.2) is 23.3 Å². The molecule has 8 nitrogen and oxygen atoms in total. The number of ether oxygens (including phenoxy) is 3. The highest BCUT2D eigenvalue weighted by atomic mass is 16.6. The molecule has 3 N–H and O–H groups in total. The standard InChI is InChI=1S/C9H14O4.C8H10O4/c1-5-3-6(9(12)13-2)4-7(10)8(5)11;1-11-8(10)4-2-5(9)7-6(3-4)12-7/h4-5,7-8,10-11H,3H2,1-2H3;2,5-7,9H,3H2,1H3/t5-,7?,8?;/m1./s1. The summed E-state index contributed by atoms with van der Waals surface area (Å²) in [6, 6.07) is 0. The van der Waals surface area contributed by atoms with Crippen LogP contribution in [0.4, 0.5) is 0 Å². The molecule has 0 bridgehead atoms. The summed E-state index contributed by atoms with van der Waals surface area (Å²) in [6.45, 7) is 1.78. The van der Waals surface area contributed by atoms with E-state index in [2.05, 4.69) is 9.47 Å². The van der Waals surface area contributed by atoms with E-state index >= 15 is 0 Å². The zero-order valence-corrected chi connectivity index (χ0v) is 14.4. The molecule has 0 spiro atoms. The molecular weight excluding hydrogens is 332 g/mol. The minimum absolute atomic E-state index is 0.0269. The van der Waals surface area contributed by atoms with Gasteiger partial charge in [0.05, 0.1) is 32.5 Å². The molecule has 140 valence electrons. The average molecular weight is 356 g/mol. The third kappa shape index (κ3) is 4.66. The van der Waals surface area contributed by atoms with E-state index < -0.39 is 24.3 Å². The monoisotopic (exact) mass is 356 g/mol. The van der Waals surface area contributed by atoms with E-state index in [-0.39, 0.29) is 24.1 Å². The normalized spacial score (nSPS) is 35.9. The first-order valence-electron chi connectivity index (χ1n) is 8.06. The van der Waals surface area contributed by atoms with Crippen molar-refractivity contribution in [3.05, 3.63) is 23.3 Å². The molecule has 1 heterocycles. The van der Waals surface area contributed by atoms with Gasteiger partial charge in [0.25, 0.3) is 0 Å². The predicted octanol–water partition coefficient (Wildman–Crippen LogP) is -0.535. The summed E-state index contributed by atoms with van der Waals surface area (Å²) in [5, 5.41) is 28.0. The maximum atomic E-state index is 11.1. The van der Waals surface area contributed by atoms with Gasteiger partial charge in [0.15, 0.2) is 0 Å². The van der Waals surface area contributed by atoms with Crippen molar-refractivity contribution in [1.29, 1.82) is 0 Å². The Balaban J connectivity index is 0.000000181. The summed E-state index contributed by atoms with van der Waals surface area (Å²) in [7, 11) is 2.63. The number of methoxy groups -OCH3 is 2. The Hall–Kier alpha value is -1.74. The van der Waals surface area contributed by atoms with Crippen LogP contribution in [-0.4, -0.2) is 72.0 Å². The number of epoxide rings is 1. The van der Waals surface area contributed by atoms with E-state index in [1.807, 2.05) is 0 Å². The molecule has 1 fully saturated rings. The molecule has 5 unspecified atom stereocenters. The lowest BCUT2D eigenvalue weighted by molar-refractivity contribution is -0.137. The number of esters is 2. The van der Waals surface area contributed by atoms with Gasteiger partial charge < -0.3 is 29.5 Å². The molecule has 1 aliphatic heterocycles. The number of aliphatic hydroxyl groups excluding tert-OH is 3. The Morgan fingerprint density at radius 2 is 1.52 bits per heavy atom. The Labute approximate surface area is 145 Å². The van der Waals surface area contributed by atoms with E-state index in [0.29, 0.717) is 24.0 Å². The zero-order chi connectivity index (χ0) is 18.7. The van der Waals surface area contributed by atoms with E-state index in [1.54, 1.807) is 6.92 Å². The highest BCUT2D eigenvalue weighted by molar-refractivity contribution is 5.89. The summed E-state index contributed by atoms with van der Waals surface area (Å²) in [5.74, 6) is -0.921. The second kappa shape index (κ2) is 8.09. The molecule has 0 aromatic rings. The number of hydrogen-bond donors (Lipinski definition) is 3.